The highest BCUT2D eigenvalue weighted by atomic mass is 79.9. The van der Waals surface area contributed by atoms with Crippen LogP contribution in [0.4, 0.5) is 10.1 Å². The van der Waals surface area contributed by atoms with E-state index in [9.17, 15) is 4.39 Å². The maximum absolute atomic E-state index is 13.5. The number of oxazole rings is 1. The van der Waals surface area contributed by atoms with E-state index in [1.165, 1.54) is 12.1 Å². The molecule has 0 saturated carbocycles. The van der Waals surface area contributed by atoms with Crippen LogP contribution in [0.15, 0.2) is 76.2 Å². The van der Waals surface area contributed by atoms with Gasteiger partial charge in [-0.25, -0.2) is 9.37 Å². The van der Waals surface area contributed by atoms with Gasteiger partial charge < -0.3 is 9.73 Å². The topological polar surface area (TPSA) is 59.6 Å². The Bertz CT molecular complexity index is 1250. The average molecular weight is 480 g/mol. The van der Waals surface area contributed by atoms with E-state index in [2.05, 4.69) is 26.4 Å². The Balaban J connectivity index is 1.40. The molecule has 0 aliphatic carbocycles. The number of anilines is 1. The molecule has 2 aliphatic heterocycles. The first-order chi connectivity index (χ1) is 15.0. The third kappa shape index (κ3) is 3.92. The van der Waals surface area contributed by atoms with Crippen molar-refractivity contribution >= 4 is 33.4 Å². The van der Waals surface area contributed by atoms with E-state index in [-0.39, 0.29) is 5.82 Å². The number of aliphatic imine (C=N–C) groups is 1. The fourth-order valence-corrected chi connectivity index (χ4v) is 4.07. The first kappa shape index (κ1) is 19.7. The van der Waals surface area contributed by atoms with E-state index in [0.29, 0.717) is 12.6 Å². The fourth-order valence-electron chi connectivity index (χ4n) is 3.62. The quantitative estimate of drug-likeness (QED) is 0.397. The van der Waals surface area contributed by atoms with E-state index in [1.807, 2.05) is 59.3 Å². The monoisotopic (exact) mass is 479 g/mol. The summed E-state index contributed by atoms with van der Waals surface area (Å²) in [5.74, 6) is 1.94. The zero-order valence-electron chi connectivity index (χ0n) is 16.9. The second kappa shape index (κ2) is 7.79. The minimum atomic E-state index is -0.247. The number of hydrogen-bond acceptors (Lipinski definition) is 6. The Kier molecular flexibility index (Phi) is 4.95. The van der Waals surface area contributed by atoms with Crippen LogP contribution in [0.5, 0.6) is 0 Å². The van der Waals surface area contributed by atoms with Gasteiger partial charge in [0.15, 0.2) is 17.9 Å². The van der Waals surface area contributed by atoms with E-state index in [0.717, 1.165) is 45.4 Å². The number of hydrogen-bond donors (Lipinski definition) is 1. The zero-order valence-corrected chi connectivity index (χ0v) is 18.5. The summed E-state index contributed by atoms with van der Waals surface area (Å²) in [6.07, 6.45) is 5.66. The molecule has 0 amide bonds. The Morgan fingerprint density at radius 1 is 1.16 bits per heavy atom. The summed E-state index contributed by atoms with van der Waals surface area (Å²) in [6, 6.07) is 12.7. The van der Waals surface area contributed by atoms with Crippen LogP contribution in [-0.2, 0) is 0 Å². The van der Waals surface area contributed by atoms with Crippen molar-refractivity contribution in [3.05, 3.63) is 89.6 Å². The second-order valence-corrected chi connectivity index (χ2v) is 8.32. The van der Waals surface area contributed by atoms with Crippen molar-refractivity contribution < 1.29 is 8.81 Å². The number of fused-ring (bicyclic) bond motifs is 1. The van der Waals surface area contributed by atoms with Crippen molar-refractivity contribution in [2.24, 2.45) is 4.99 Å². The number of rotatable bonds is 4. The Hall–Kier alpha value is -3.23. The summed E-state index contributed by atoms with van der Waals surface area (Å²) >= 11 is 3.55. The zero-order chi connectivity index (χ0) is 21.5. The van der Waals surface area contributed by atoms with E-state index in [4.69, 9.17) is 9.41 Å². The predicted octanol–water partition coefficient (Wildman–Crippen LogP) is 5.48. The third-order valence-electron chi connectivity index (χ3n) is 5.11. The lowest BCUT2D eigenvalue weighted by Crippen LogP contribution is -2.42. The normalized spacial score (nSPS) is 16.0. The Morgan fingerprint density at radius 2 is 1.97 bits per heavy atom. The van der Waals surface area contributed by atoms with Gasteiger partial charge >= 0.3 is 5.84 Å². The highest BCUT2D eigenvalue weighted by Gasteiger charge is 2.38. The number of aromatic nitrogens is 1. The van der Waals surface area contributed by atoms with Crippen LogP contribution in [0.2, 0.25) is 0 Å². The molecule has 0 atom stereocenters. The van der Waals surface area contributed by atoms with Gasteiger partial charge in [-0.2, -0.15) is 4.99 Å². The van der Waals surface area contributed by atoms with Crippen molar-refractivity contribution in [1.29, 1.82) is 0 Å². The smallest absolute Gasteiger partial charge is 0.309 e. The molecule has 8 heteroatoms. The summed E-state index contributed by atoms with van der Waals surface area (Å²) < 4.78 is 21.0. The molecule has 6 nitrogen and oxygen atoms in total. The molecule has 1 aromatic heterocycles. The van der Waals surface area contributed by atoms with Crippen molar-refractivity contribution in [3.8, 4) is 11.3 Å². The number of amidine groups is 1. The number of nitrogens with one attached hydrogen (secondary N) is 1. The summed E-state index contributed by atoms with van der Waals surface area (Å²) in [5, 5.41) is 3.44. The molecular weight excluding hydrogens is 461 g/mol. The van der Waals surface area contributed by atoms with Crippen LogP contribution >= 0.6 is 16.1 Å². The maximum atomic E-state index is 13.5. The van der Waals surface area contributed by atoms with Crippen LogP contribution in [0.25, 0.3) is 17.0 Å². The highest BCUT2D eigenvalue weighted by molar-refractivity contribution is 9.07. The molecule has 0 fully saturated rings. The van der Waals surface area contributed by atoms with Crippen LogP contribution < -0.4 is 10.2 Å². The van der Waals surface area contributed by atoms with Crippen molar-refractivity contribution in [2.45, 2.75) is 13.8 Å². The van der Waals surface area contributed by atoms with Gasteiger partial charge in [0, 0.05) is 29.9 Å². The molecule has 2 aromatic carbocycles. The molecule has 0 bridgehead atoms. The van der Waals surface area contributed by atoms with Gasteiger partial charge in [0.05, 0.1) is 22.3 Å². The lowest BCUT2D eigenvalue weighted by molar-refractivity contribution is 0.518. The van der Waals surface area contributed by atoms with E-state index < -0.39 is 0 Å². The second-order valence-electron chi connectivity index (χ2n) is 7.41. The molecule has 1 radical (unpaired) electrons. The molecule has 3 aromatic rings. The Labute approximate surface area is 187 Å². The molecule has 0 unspecified atom stereocenters. The first-order valence-corrected chi connectivity index (χ1v) is 10.5. The fraction of sp³-hybridized carbons (Fsp3) is 0.130. The van der Waals surface area contributed by atoms with Gasteiger partial charge in [-0.05, 0) is 55.0 Å². The van der Waals surface area contributed by atoms with Crippen molar-refractivity contribution in [2.75, 3.05) is 12.0 Å². The lowest BCUT2D eigenvalue weighted by Gasteiger charge is -2.20. The van der Waals surface area contributed by atoms with Gasteiger partial charge in [-0.3, -0.25) is 3.93 Å². The molecule has 0 saturated heterocycles. The summed E-state index contributed by atoms with van der Waals surface area (Å²) in [7, 11) is 0. The molecule has 1 N–H and O–H groups in total. The summed E-state index contributed by atoms with van der Waals surface area (Å²) in [6.45, 7) is 4.32. The van der Waals surface area contributed by atoms with Crippen molar-refractivity contribution in [1.82, 2.24) is 13.8 Å². The summed E-state index contributed by atoms with van der Waals surface area (Å²) in [5.41, 5.74) is 5.29. The van der Waals surface area contributed by atoms with Crippen LogP contribution in [-0.4, -0.2) is 21.4 Å². The third-order valence-corrected chi connectivity index (χ3v) is 5.54. The minimum Gasteiger partial charge on any atom is -0.441 e. The summed E-state index contributed by atoms with van der Waals surface area (Å²) in [4.78, 5) is 11.0. The maximum Gasteiger partial charge on any atom is 0.309 e. The molecule has 31 heavy (non-hydrogen) atoms. The molecule has 155 valence electrons. The van der Waals surface area contributed by atoms with Crippen LogP contribution in [0.3, 0.4) is 0 Å². The first-order valence-electron chi connectivity index (χ1n) is 9.74. The van der Waals surface area contributed by atoms with Gasteiger partial charge in [-0.1, -0.05) is 4.90 Å². The van der Waals surface area contributed by atoms with Gasteiger partial charge in [0.25, 0.3) is 0 Å². The lowest BCUT2D eigenvalue weighted by atomic mass is 10.1. The largest absolute Gasteiger partial charge is 0.441 e. The number of benzene rings is 2. The van der Waals surface area contributed by atoms with Crippen LogP contribution in [0, 0.1) is 19.7 Å². The van der Waals surface area contributed by atoms with E-state index in [1.54, 1.807) is 12.3 Å². The Morgan fingerprint density at radius 3 is 2.68 bits per heavy atom. The SMILES string of the molecule is Cc1ncc(-c2ccc(NC3=CN(Br)C[N+]4C=C(c5ccc(F)cc5C)N=C34)cc2)o1. The highest BCUT2D eigenvalue weighted by Crippen LogP contribution is 2.30. The average Bonchev–Trinajstić information content (AvgIpc) is 3.35. The molecule has 2 aliphatic rings. The number of nitrogens with zero attached hydrogens (tertiary/aromatic N) is 4. The predicted molar refractivity (Wildman–Crippen MR) is 123 cm³/mol. The van der Waals surface area contributed by atoms with Crippen LogP contribution in [0.1, 0.15) is 17.0 Å². The van der Waals surface area contributed by atoms with Crippen molar-refractivity contribution in [3.63, 3.8) is 0 Å². The standard InChI is InChI=1S/C23H19BrFN5O/c1-14-9-17(25)5-8-19(14)20-11-29-13-30(24)12-21(23(29)28-20)27-18-6-3-16(4-7-18)22-10-26-15(2)31-22/h3-12,27H,13H2,1-2H3/q+1. The molecule has 3 heterocycles. The molecule has 5 rings (SSSR count). The molecule has 0 spiro atoms. The van der Waals surface area contributed by atoms with Gasteiger partial charge in [0.1, 0.15) is 17.2 Å². The minimum absolute atomic E-state index is 0.247. The van der Waals surface area contributed by atoms with Gasteiger partial charge in [0.2, 0.25) is 6.67 Å². The van der Waals surface area contributed by atoms with Gasteiger partial charge in [-0.15, -0.1) is 0 Å². The number of aryl methyl sites for hydroxylation is 2. The molecular formula is C23H19BrFN5O+. The number of halogens is 2. The van der Waals surface area contributed by atoms with E-state index >= 15 is 0 Å².